The SMILES string of the molecule is CN=C(NCCN1CCS(=O)(=O)CC1)NCC(Cc1ccccc1)c1ccccc1. The third-order valence-corrected chi connectivity index (χ3v) is 7.10. The van der Waals surface area contributed by atoms with E-state index < -0.39 is 9.84 Å². The van der Waals surface area contributed by atoms with Crippen LogP contribution in [0.1, 0.15) is 17.0 Å². The van der Waals surface area contributed by atoms with Gasteiger partial charge in [0.25, 0.3) is 0 Å². The first-order chi connectivity index (χ1) is 14.6. The molecular weight excluding hydrogens is 396 g/mol. The number of benzene rings is 2. The van der Waals surface area contributed by atoms with E-state index in [0.29, 0.717) is 19.0 Å². The fourth-order valence-corrected chi connectivity index (χ4v) is 4.96. The van der Waals surface area contributed by atoms with Gasteiger partial charge >= 0.3 is 0 Å². The molecule has 30 heavy (non-hydrogen) atoms. The summed E-state index contributed by atoms with van der Waals surface area (Å²) >= 11 is 0. The van der Waals surface area contributed by atoms with Crippen LogP contribution >= 0.6 is 0 Å². The number of rotatable bonds is 8. The summed E-state index contributed by atoms with van der Waals surface area (Å²) in [7, 11) is -1.05. The van der Waals surface area contributed by atoms with Gasteiger partial charge in [0, 0.05) is 45.7 Å². The average Bonchev–Trinajstić information content (AvgIpc) is 2.77. The number of sulfone groups is 1. The molecule has 2 aromatic carbocycles. The van der Waals surface area contributed by atoms with Crippen molar-refractivity contribution in [3.05, 3.63) is 71.8 Å². The van der Waals surface area contributed by atoms with Gasteiger partial charge in [-0.2, -0.15) is 0 Å². The van der Waals surface area contributed by atoms with E-state index in [2.05, 4.69) is 69.1 Å². The molecule has 7 heteroatoms. The summed E-state index contributed by atoms with van der Waals surface area (Å²) in [6.07, 6.45) is 0.955. The number of hydrogen-bond acceptors (Lipinski definition) is 4. The number of nitrogens with one attached hydrogen (secondary N) is 2. The highest BCUT2D eigenvalue weighted by Gasteiger charge is 2.21. The van der Waals surface area contributed by atoms with Crippen LogP contribution in [-0.4, -0.2) is 70.6 Å². The molecule has 6 nitrogen and oxygen atoms in total. The van der Waals surface area contributed by atoms with Crippen LogP contribution in [0.4, 0.5) is 0 Å². The minimum absolute atomic E-state index is 0.262. The topological polar surface area (TPSA) is 73.8 Å². The Balaban J connectivity index is 1.50. The Morgan fingerprint density at radius 1 is 1.00 bits per heavy atom. The Bertz CT molecular complexity index is 887. The quantitative estimate of drug-likeness (QED) is 0.496. The monoisotopic (exact) mass is 428 g/mol. The molecule has 0 bridgehead atoms. The molecule has 1 aliphatic heterocycles. The molecule has 1 unspecified atom stereocenters. The molecule has 0 aliphatic carbocycles. The smallest absolute Gasteiger partial charge is 0.191 e. The number of guanidine groups is 1. The Morgan fingerprint density at radius 3 is 2.27 bits per heavy atom. The molecule has 1 heterocycles. The van der Waals surface area contributed by atoms with Crippen molar-refractivity contribution in [2.45, 2.75) is 12.3 Å². The second kappa shape index (κ2) is 11.1. The van der Waals surface area contributed by atoms with Crippen LogP contribution in [0.15, 0.2) is 65.7 Å². The standard InChI is InChI=1S/C23H32N4O2S/c1-24-23(25-12-13-27-14-16-30(28,29)17-15-27)26-19-22(21-10-6-3-7-11-21)18-20-8-4-2-5-9-20/h2-11,22H,12-19H2,1H3,(H2,24,25,26). The first-order valence-corrected chi connectivity index (χ1v) is 12.3. The highest BCUT2D eigenvalue weighted by molar-refractivity contribution is 7.91. The van der Waals surface area contributed by atoms with Crippen molar-refractivity contribution in [3.8, 4) is 0 Å². The summed E-state index contributed by atoms with van der Waals surface area (Å²) in [5, 5.41) is 6.82. The minimum Gasteiger partial charge on any atom is -0.356 e. The van der Waals surface area contributed by atoms with Crippen LogP contribution in [0.5, 0.6) is 0 Å². The van der Waals surface area contributed by atoms with E-state index in [9.17, 15) is 8.42 Å². The molecule has 3 rings (SSSR count). The third-order valence-electron chi connectivity index (χ3n) is 5.49. The van der Waals surface area contributed by atoms with Gasteiger partial charge in [-0.15, -0.1) is 0 Å². The normalized spacial score (nSPS) is 18.0. The Kier molecular flexibility index (Phi) is 8.28. The average molecular weight is 429 g/mol. The fourth-order valence-electron chi connectivity index (χ4n) is 3.68. The lowest BCUT2D eigenvalue weighted by Crippen LogP contribution is -2.46. The highest BCUT2D eigenvalue weighted by Crippen LogP contribution is 2.20. The van der Waals surface area contributed by atoms with Crippen molar-refractivity contribution in [2.24, 2.45) is 4.99 Å². The molecule has 162 valence electrons. The Hall–Kier alpha value is -2.38. The lowest BCUT2D eigenvalue weighted by atomic mass is 9.92. The zero-order valence-electron chi connectivity index (χ0n) is 17.6. The van der Waals surface area contributed by atoms with Gasteiger partial charge in [0.05, 0.1) is 11.5 Å². The summed E-state index contributed by atoms with van der Waals surface area (Å²) < 4.78 is 23.1. The zero-order chi connectivity index (χ0) is 21.2. The summed E-state index contributed by atoms with van der Waals surface area (Å²) in [5.41, 5.74) is 2.62. The summed E-state index contributed by atoms with van der Waals surface area (Å²) in [6, 6.07) is 21.1. The molecular formula is C23H32N4O2S. The lowest BCUT2D eigenvalue weighted by Gasteiger charge is -2.27. The summed E-state index contributed by atoms with van der Waals surface area (Å²) in [6.45, 7) is 3.55. The predicted molar refractivity (Wildman–Crippen MR) is 124 cm³/mol. The van der Waals surface area contributed by atoms with E-state index >= 15 is 0 Å². The van der Waals surface area contributed by atoms with Crippen molar-refractivity contribution < 1.29 is 8.42 Å². The van der Waals surface area contributed by atoms with Gasteiger partial charge in [-0.1, -0.05) is 60.7 Å². The third kappa shape index (κ3) is 7.15. The zero-order valence-corrected chi connectivity index (χ0v) is 18.4. The second-order valence-corrected chi connectivity index (χ2v) is 9.97. The van der Waals surface area contributed by atoms with E-state index in [1.54, 1.807) is 7.05 Å². The largest absolute Gasteiger partial charge is 0.356 e. The van der Waals surface area contributed by atoms with Gasteiger partial charge in [0.2, 0.25) is 0 Å². The first-order valence-electron chi connectivity index (χ1n) is 10.5. The van der Waals surface area contributed by atoms with Crippen LogP contribution in [-0.2, 0) is 16.3 Å². The minimum atomic E-state index is -2.83. The highest BCUT2D eigenvalue weighted by atomic mass is 32.2. The van der Waals surface area contributed by atoms with Crippen molar-refractivity contribution in [1.82, 2.24) is 15.5 Å². The maximum atomic E-state index is 11.5. The van der Waals surface area contributed by atoms with Crippen molar-refractivity contribution in [2.75, 3.05) is 51.3 Å². The van der Waals surface area contributed by atoms with Gasteiger partial charge in [-0.3, -0.25) is 9.89 Å². The van der Waals surface area contributed by atoms with E-state index in [-0.39, 0.29) is 11.5 Å². The van der Waals surface area contributed by atoms with Gasteiger partial charge in [0.15, 0.2) is 15.8 Å². The molecule has 1 fully saturated rings. The molecule has 1 aliphatic rings. The lowest BCUT2D eigenvalue weighted by molar-refractivity contribution is 0.299. The van der Waals surface area contributed by atoms with Crippen LogP contribution in [0.2, 0.25) is 0 Å². The molecule has 1 atom stereocenters. The van der Waals surface area contributed by atoms with Gasteiger partial charge in [0.1, 0.15) is 0 Å². The molecule has 0 spiro atoms. The Labute approximate surface area is 180 Å². The maximum absolute atomic E-state index is 11.5. The fraction of sp³-hybridized carbons (Fsp3) is 0.435. The van der Waals surface area contributed by atoms with Crippen molar-refractivity contribution in [3.63, 3.8) is 0 Å². The first kappa shape index (κ1) is 22.3. The molecule has 2 aromatic rings. The molecule has 0 radical (unpaired) electrons. The second-order valence-electron chi connectivity index (χ2n) is 7.67. The van der Waals surface area contributed by atoms with Crippen molar-refractivity contribution in [1.29, 1.82) is 0 Å². The molecule has 0 amide bonds. The van der Waals surface area contributed by atoms with Crippen LogP contribution < -0.4 is 10.6 Å². The predicted octanol–water partition coefficient (Wildman–Crippen LogP) is 1.91. The summed E-state index contributed by atoms with van der Waals surface area (Å²) in [5.74, 6) is 1.63. The number of hydrogen-bond donors (Lipinski definition) is 2. The molecule has 0 aromatic heterocycles. The Morgan fingerprint density at radius 2 is 1.63 bits per heavy atom. The van der Waals surface area contributed by atoms with E-state index in [0.717, 1.165) is 32.0 Å². The van der Waals surface area contributed by atoms with E-state index in [1.807, 2.05) is 12.1 Å². The van der Waals surface area contributed by atoms with Gasteiger partial charge < -0.3 is 10.6 Å². The summed E-state index contributed by atoms with van der Waals surface area (Å²) in [4.78, 5) is 6.53. The molecule has 0 saturated carbocycles. The maximum Gasteiger partial charge on any atom is 0.191 e. The molecule has 2 N–H and O–H groups in total. The van der Waals surface area contributed by atoms with Crippen LogP contribution in [0.25, 0.3) is 0 Å². The van der Waals surface area contributed by atoms with Crippen molar-refractivity contribution >= 4 is 15.8 Å². The van der Waals surface area contributed by atoms with Gasteiger partial charge in [-0.05, 0) is 17.5 Å². The number of aliphatic imine (C=N–C) groups is 1. The van der Waals surface area contributed by atoms with E-state index in [4.69, 9.17) is 0 Å². The van der Waals surface area contributed by atoms with E-state index in [1.165, 1.54) is 11.1 Å². The van der Waals surface area contributed by atoms with Gasteiger partial charge in [-0.25, -0.2) is 8.42 Å². The molecule has 1 saturated heterocycles. The number of nitrogens with zero attached hydrogens (tertiary/aromatic N) is 2. The van der Waals surface area contributed by atoms with Crippen LogP contribution in [0.3, 0.4) is 0 Å². The van der Waals surface area contributed by atoms with Crippen LogP contribution in [0, 0.1) is 0 Å².